The zero-order valence-electron chi connectivity index (χ0n) is 14.5. The minimum atomic E-state index is -0.609. The monoisotopic (exact) mass is 416 g/mol. The number of benzene rings is 1. The molecular formula is C19H17BrN2O4. The number of rotatable bonds is 5. The number of aromatic hydroxyl groups is 1. The van der Waals surface area contributed by atoms with E-state index in [1.165, 1.54) is 12.1 Å². The van der Waals surface area contributed by atoms with Crippen LogP contribution in [-0.4, -0.2) is 28.4 Å². The smallest absolute Gasteiger partial charge is 0.340 e. The lowest BCUT2D eigenvalue weighted by molar-refractivity contribution is 0.0523. The summed E-state index contributed by atoms with van der Waals surface area (Å²) in [7, 11) is 0. The number of carbonyl (C=O) groups excluding carboxylic acids is 2. The fourth-order valence-electron chi connectivity index (χ4n) is 2.59. The Bertz CT molecular complexity index is 951. The van der Waals surface area contributed by atoms with Crippen LogP contribution in [0.15, 0.2) is 28.2 Å². The lowest BCUT2D eigenvalue weighted by Crippen LogP contribution is -2.13. The highest BCUT2D eigenvalue weighted by Crippen LogP contribution is 2.27. The number of carbonyl (C=O) groups is 2. The van der Waals surface area contributed by atoms with Gasteiger partial charge in [0.05, 0.1) is 22.2 Å². The fourth-order valence-corrected chi connectivity index (χ4v) is 2.98. The van der Waals surface area contributed by atoms with Crippen LogP contribution in [0.3, 0.4) is 0 Å². The number of hydrogen-bond donors (Lipinski definition) is 2. The molecule has 0 aliphatic carbocycles. The molecule has 0 bridgehead atoms. The van der Waals surface area contributed by atoms with Gasteiger partial charge in [-0.25, -0.2) is 4.79 Å². The van der Waals surface area contributed by atoms with Gasteiger partial charge in [-0.15, -0.1) is 0 Å². The van der Waals surface area contributed by atoms with Crippen molar-refractivity contribution in [3.63, 3.8) is 0 Å². The largest absolute Gasteiger partial charge is 0.507 e. The molecule has 0 atom stereocenters. The van der Waals surface area contributed by atoms with E-state index in [0.717, 1.165) is 0 Å². The van der Waals surface area contributed by atoms with E-state index in [0.29, 0.717) is 21.4 Å². The average Bonchev–Trinajstić information content (AvgIpc) is 2.89. The van der Waals surface area contributed by atoms with Gasteiger partial charge in [-0.3, -0.25) is 4.79 Å². The number of allylic oxidation sites excluding steroid dienone is 1. The van der Waals surface area contributed by atoms with Gasteiger partial charge < -0.3 is 14.8 Å². The number of ketones is 1. The molecule has 0 saturated heterocycles. The second kappa shape index (κ2) is 8.02. The number of aryl methyl sites for hydroxylation is 2. The Balaban J connectivity index is 2.53. The summed E-state index contributed by atoms with van der Waals surface area (Å²) in [5, 5.41) is 19.0. The van der Waals surface area contributed by atoms with Crippen LogP contribution in [0.1, 0.15) is 44.6 Å². The summed E-state index contributed by atoms with van der Waals surface area (Å²) >= 11 is 3.19. The van der Waals surface area contributed by atoms with Crippen LogP contribution in [0.4, 0.5) is 0 Å². The minimum absolute atomic E-state index is 0.0497. The van der Waals surface area contributed by atoms with Crippen LogP contribution in [0.2, 0.25) is 0 Å². The first-order chi connectivity index (χ1) is 12.3. The van der Waals surface area contributed by atoms with Crippen molar-refractivity contribution in [1.82, 2.24) is 4.98 Å². The van der Waals surface area contributed by atoms with Gasteiger partial charge in [0.15, 0.2) is 0 Å². The van der Waals surface area contributed by atoms with E-state index < -0.39 is 11.8 Å². The van der Waals surface area contributed by atoms with E-state index in [1.54, 1.807) is 32.9 Å². The average molecular weight is 417 g/mol. The molecule has 1 heterocycles. The first-order valence-corrected chi connectivity index (χ1v) is 8.60. The van der Waals surface area contributed by atoms with Crippen molar-refractivity contribution in [3.05, 3.63) is 56.3 Å². The molecule has 0 aliphatic rings. The molecule has 0 amide bonds. The number of hydrogen-bond acceptors (Lipinski definition) is 5. The lowest BCUT2D eigenvalue weighted by atomic mass is 9.98. The van der Waals surface area contributed by atoms with Crippen molar-refractivity contribution < 1.29 is 19.4 Å². The van der Waals surface area contributed by atoms with Crippen LogP contribution in [0, 0.1) is 25.2 Å². The number of nitrogens with zero attached hydrogens (tertiary/aromatic N) is 1. The maximum atomic E-state index is 12.9. The summed E-state index contributed by atoms with van der Waals surface area (Å²) in [5.74, 6) is -1.13. The van der Waals surface area contributed by atoms with Crippen LogP contribution in [0.5, 0.6) is 5.75 Å². The highest BCUT2D eigenvalue weighted by Gasteiger charge is 2.27. The van der Waals surface area contributed by atoms with E-state index >= 15 is 0 Å². The molecule has 0 radical (unpaired) electrons. The fraction of sp³-hybridized carbons (Fsp3) is 0.211. The number of nitriles is 1. The van der Waals surface area contributed by atoms with Gasteiger partial charge in [0.2, 0.25) is 5.78 Å². The first kappa shape index (κ1) is 19.5. The summed E-state index contributed by atoms with van der Waals surface area (Å²) in [6, 6.07) is 6.50. The van der Waals surface area contributed by atoms with Crippen molar-refractivity contribution >= 4 is 33.8 Å². The Labute approximate surface area is 159 Å². The van der Waals surface area contributed by atoms with Gasteiger partial charge in [-0.05, 0) is 60.5 Å². The van der Waals surface area contributed by atoms with Crippen LogP contribution in [-0.2, 0) is 4.74 Å². The summed E-state index contributed by atoms with van der Waals surface area (Å²) < 4.78 is 5.47. The Morgan fingerprint density at radius 3 is 2.54 bits per heavy atom. The zero-order chi connectivity index (χ0) is 19.4. The van der Waals surface area contributed by atoms with Crippen molar-refractivity contribution in [3.8, 4) is 11.8 Å². The van der Waals surface area contributed by atoms with Gasteiger partial charge >= 0.3 is 5.97 Å². The summed E-state index contributed by atoms with van der Waals surface area (Å²) in [6.45, 7) is 5.19. The van der Waals surface area contributed by atoms with E-state index in [2.05, 4.69) is 20.9 Å². The molecule has 26 heavy (non-hydrogen) atoms. The van der Waals surface area contributed by atoms with Crippen molar-refractivity contribution in [2.45, 2.75) is 20.8 Å². The Morgan fingerprint density at radius 2 is 1.96 bits per heavy atom. The Hall–Kier alpha value is -2.85. The normalized spacial score (nSPS) is 11.1. The molecule has 134 valence electrons. The van der Waals surface area contributed by atoms with Gasteiger partial charge in [0.1, 0.15) is 17.4 Å². The molecular weight excluding hydrogens is 400 g/mol. The van der Waals surface area contributed by atoms with Crippen molar-refractivity contribution in [1.29, 1.82) is 5.26 Å². The van der Waals surface area contributed by atoms with Gasteiger partial charge in [-0.2, -0.15) is 5.26 Å². The lowest BCUT2D eigenvalue weighted by Gasteiger charge is -2.06. The second-order valence-corrected chi connectivity index (χ2v) is 6.41. The highest BCUT2D eigenvalue weighted by atomic mass is 79.9. The SMILES string of the molecule is CCOC(=O)c1c(C)[nH]c(C)c1C(=O)/C(C#N)=C/c1ccc(O)c(Br)c1. The molecule has 0 saturated carbocycles. The van der Waals surface area contributed by atoms with Crippen LogP contribution >= 0.6 is 15.9 Å². The molecule has 0 aliphatic heterocycles. The molecule has 0 unspecified atom stereocenters. The number of halogens is 1. The number of Topliss-reactive ketones (excluding diaryl/α,β-unsaturated/α-hetero) is 1. The van der Waals surface area contributed by atoms with Gasteiger partial charge in [0, 0.05) is 11.4 Å². The number of phenolic OH excluding ortho intramolecular Hbond substituents is 1. The number of aromatic amines is 1. The predicted octanol–water partition coefficient (Wildman–Crippen LogP) is 4.07. The third-order valence-corrected chi connectivity index (χ3v) is 4.36. The zero-order valence-corrected chi connectivity index (χ0v) is 16.1. The Kier molecular flexibility index (Phi) is 6.01. The third-order valence-electron chi connectivity index (χ3n) is 3.73. The molecule has 1 aromatic heterocycles. The number of esters is 1. The predicted molar refractivity (Wildman–Crippen MR) is 100.0 cm³/mol. The first-order valence-electron chi connectivity index (χ1n) is 7.81. The molecule has 0 spiro atoms. The van der Waals surface area contributed by atoms with Crippen molar-refractivity contribution in [2.75, 3.05) is 6.61 Å². The topological polar surface area (TPSA) is 103 Å². The number of phenols is 1. The molecule has 6 nitrogen and oxygen atoms in total. The number of H-pyrrole nitrogens is 1. The summed E-state index contributed by atoms with van der Waals surface area (Å²) in [5.41, 5.74) is 1.70. The minimum Gasteiger partial charge on any atom is -0.507 e. The standard InChI is InChI=1S/C19H17BrN2O4/c1-4-26-19(25)17-11(3)22-10(2)16(17)18(24)13(9-21)7-12-5-6-15(23)14(20)8-12/h5-8,22-23H,4H2,1-3H3/b13-7+. The number of ether oxygens (including phenoxy) is 1. The molecule has 1 aromatic carbocycles. The summed E-state index contributed by atoms with van der Waals surface area (Å²) in [4.78, 5) is 28.1. The maximum Gasteiger partial charge on any atom is 0.340 e. The van der Waals surface area contributed by atoms with E-state index in [1.807, 2.05) is 6.07 Å². The second-order valence-electron chi connectivity index (χ2n) is 5.56. The van der Waals surface area contributed by atoms with Gasteiger partial charge in [-0.1, -0.05) is 6.07 Å². The van der Waals surface area contributed by atoms with Crippen molar-refractivity contribution in [2.24, 2.45) is 0 Å². The molecule has 7 heteroatoms. The number of nitrogens with one attached hydrogen (secondary N) is 1. The highest BCUT2D eigenvalue weighted by molar-refractivity contribution is 9.10. The molecule has 0 fully saturated rings. The quantitative estimate of drug-likeness (QED) is 0.331. The third kappa shape index (κ3) is 3.86. The summed E-state index contributed by atoms with van der Waals surface area (Å²) in [6.07, 6.45) is 1.41. The van der Waals surface area contributed by atoms with E-state index in [-0.39, 0.29) is 29.1 Å². The molecule has 2 aromatic rings. The maximum absolute atomic E-state index is 12.9. The molecule has 2 N–H and O–H groups in total. The van der Waals surface area contributed by atoms with Crippen LogP contribution in [0.25, 0.3) is 6.08 Å². The van der Waals surface area contributed by atoms with E-state index in [9.17, 15) is 20.0 Å². The Morgan fingerprint density at radius 1 is 1.31 bits per heavy atom. The van der Waals surface area contributed by atoms with Crippen LogP contribution < -0.4 is 0 Å². The van der Waals surface area contributed by atoms with E-state index in [4.69, 9.17) is 4.74 Å². The van der Waals surface area contributed by atoms with Gasteiger partial charge in [0.25, 0.3) is 0 Å². The molecule has 2 rings (SSSR count). The number of aromatic nitrogens is 1.